The monoisotopic (exact) mass is 583 g/mol. The minimum Gasteiger partial charge on any atom is -0.324 e. The van der Waals surface area contributed by atoms with Crippen LogP contribution >= 0.6 is 51.5 Å². The molecule has 2 spiro atoms. The van der Waals surface area contributed by atoms with Crippen LogP contribution in [0.4, 0.5) is 11.4 Å². The highest BCUT2D eigenvalue weighted by molar-refractivity contribution is 9.10. The number of nitrogens with one attached hydrogen (secondary N) is 1. The number of rotatable bonds is 2. The molecule has 3 unspecified atom stereocenters. The Morgan fingerprint density at radius 1 is 1.09 bits per heavy atom. The normalized spacial score (nSPS) is 27.8. The summed E-state index contributed by atoms with van der Waals surface area (Å²) in [5.41, 5.74) is 1.68. The summed E-state index contributed by atoms with van der Waals surface area (Å²) in [4.78, 5) is 32.4. The SMILES string of the molecule is CN1CC(c2ccccc2Cl)C2(SC(=S)N(c3ccccc3)C2=O)C12C(=O)Nc1ccc(Br)cc12. The number of anilines is 2. The molecule has 3 heterocycles. The van der Waals surface area contributed by atoms with Gasteiger partial charge in [0.15, 0.2) is 5.54 Å². The molecule has 3 aliphatic rings. The number of likely N-dealkylation sites (tertiary alicyclic amines) is 1. The van der Waals surface area contributed by atoms with E-state index in [0.717, 1.165) is 15.6 Å². The van der Waals surface area contributed by atoms with Crippen LogP contribution in [0.3, 0.4) is 0 Å². The Morgan fingerprint density at radius 2 is 1.80 bits per heavy atom. The zero-order chi connectivity index (χ0) is 24.5. The van der Waals surface area contributed by atoms with Crippen LogP contribution in [-0.4, -0.2) is 39.4 Å². The second-order valence-corrected chi connectivity index (χ2v) is 12.1. The van der Waals surface area contributed by atoms with Gasteiger partial charge in [-0.1, -0.05) is 87.9 Å². The van der Waals surface area contributed by atoms with Crippen molar-refractivity contribution < 1.29 is 9.59 Å². The maximum absolute atomic E-state index is 14.7. The maximum Gasteiger partial charge on any atom is 0.252 e. The van der Waals surface area contributed by atoms with E-state index in [4.69, 9.17) is 23.8 Å². The summed E-state index contributed by atoms with van der Waals surface area (Å²) in [5, 5.41) is 3.62. The number of hydrogen-bond acceptors (Lipinski definition) is 5. The minimum absolute atomic E-state index is 0.212. The highest BCUT2D eigenvalue weighted by Crippen LogP contribution is 2.66. The van der Waals surface area contributed by atoms with Crippen LogP contribution in [0.5, 0.6) is 0 Å². The van der Waals surface area contributed by atoms with Gasteiger partial charge in [-0.15, -0.1) is 0 Å². The van der Waals surface area contributed by atoms with Crippen molar-refractivity contribution in [3.8, 4) is 0 Å². The molecule has 176 valence electrons. The van der Waals surface area contributed by atoms with Crippen LogP contribution in [0.2, 0.25) is 5.02 Å². The van der Waals surface area contributed by atoms with Crippen LogP contribution in [0.1, 0.15) is 17.0 Å². The number of benzene rings is 3. The lowest BCUT2D eigenvalue weighted by Gasteiger charge is -2.41. The third kappa shape index (κ3) is 2.95. The van der Waals surface area contributed by atoms with Crippen LogP contribution < -0.4 is 10.2 Å². The number of carbonyl (C=O) groups is 2. The largest absolute Gasteiger partial charge is 0.324 e. The molecular formula is C26H19BrClN3O2S2. The van der Waals surface area contributed by atoms with Gasteiger partial charge in [-0.25, -0.2) is 0 Å². The number of carbonyl (C=O) groups excluding carboxylic acids is 2. The second kappa shape index (κ2) is 8.15. The molecule has 0 bridgehead atoms. The molecule has 1 N–H and O–H groups in total. The van der Waals surface area contributed by atoms with E-state index in [1.807, 2.05) is 84.7 Å². The first-order valence-corrected chi connectivity index (χ1v) is 13.4. The topological polar surface area (TPSA) is 52.7 Å². The number of amides is 2. The number of likely N-dealkylation sites (N-methyl/N-ethyl adjacent to an activating group) is 1. The third-order valence-corrected chi connectivity index (χ3v) is 9.96. The summed E-state index contributed by atoms with van der Waals surface area (Å²) in [7, 11) is 1.90. The number of para-hydroxylation sites is 1. The van der Waals surface area contributed by atoms with Crippen LogP contribution in [0.15, 0.2) is 77.3 Å². The smallest absolute Gasteiger partial charge is 0.252 e. The summed E-state index contributed by atoms with van der Waals surface area (Å²) in [6.07, 6.45) is 0. The molecule has 2 fully saturated rings. The fourth-order valence-electron chi connectivity index (χ4n) is 5.88. The van der Waals surface area contributed by atoms with Gasteiger partial charge in [0.05, 0.1) is 5.69 Å². The Balaban J connectivity index is 1.67. The molecule has 5 nitrogen and oxygen atoms in total. The molecule has 2 saturated heterocycles. The average Bonchev–Trinajstić information content (AvgIpc) is 3.38. The van der Waals surface area contributed by atoms with Gasteiger partial charge in [-0.05, 0) is 49.0 Å². The Labute approximate surface area is 225 Å². The zero-order valence-corrected chi connectivity index (χ0v) is 22.5. The fourth-order valence-corrected chi connectivity index (χ4v) is 8.68. The molecule has 3 aromatic rings. The van der Waals surface area contributed by atoms with Crippen molar-refractivity contribution in [3.63, 3.8) is 0 Å². The molecule has 0 aliphatic carbocycles. The van der Waals surface area contributed by atoms with Crippen LogP contribution in [-0.2, 0) is 15.1 Å². The second-order valence-electron chi connectivity index (χ2n) is 8.89. The molecule has 3 atom stereocenters. The van der Waals surface area contributed by atoms with Crippen molar-refractivity contribution in [2.75, 3.05) is 23.8 Å². The van der Waals surface area contributed by atoms with Crippen molar-refractivity contribution in [2.24, 2.45) is 0 Å². The average molecular weight is 585 g/mol. The highest BCUT2D eigenvalue weighted by atomic mass is 79.9. The van der Waals surface area contributed by atoms with Crippen molar-refractivity contribution in [1.29, 1.82) is 0 Å². The molecule has 0 aromatic heterocycles. The minimum atomic E-state index is -1.29. The Morgan fingerprint density at radius 3 is 2.54 bits per heavy atom. The molecule has 0 saturated carbocycles. The fraction of sp³-hybridized carbons (Fsp3) is 0.192. The number of hydrogen-bond donors (Lipinski definition) is 1. The molecular weight excluding hydrogens is 566 g/mol. The Hall–Kier alpha value is -2.23. The number of nitrogens with zero attached hydrogens (tertiary/aromatic N) is 2. The summed E-state index contributed by atoms with van der Waals surface area (Å²) in [6.45, 7) is 0.451. The predicted molar refractivity (Wildman–Crippen MR) is 148 cm³/mol. The van der Waals surface area contributed by atoms with E-state index in [2.05, 4.69) is 21.2 Å². The number of fused-ring (bicyclic) bond motifs is 3. The first-order chi connectivity index (χ1) is 16.8. The van der Waals surface area contributed by atoms with E-state index in [0.29, 0.717) is 27.3 Å². The van der Waals surface area contributed by atoms with Gasteiger partial charge in [0.1, 0.15) is 9.07 Å². The molecule has 3 aromatic carbocycles. The highest BCUT2D eigenvalue weighted by Gasteiger charge is 2.78. The van der Waals surface area contributed by atoms with E-state index in [1.165, 1.54) is 11.8 Å². The van der Waals surface area contributed by atoms with E-state index in [1.54, 1.807) is 4.90 Å². The van der Waals surface area contributed by atoms with Crippen molar-refractivity contribution in [2.45, 2.75) is 16.2 Å². The van der Waals surface area contributed by atoms with Crippen LogP contribution in [0, 0.1) is 0 Å². The molecule has 0 radical (unpaired) electrons. The number of thiocarbonyl (C=S) groups is 1. The van der Waals surface area contributed by atoms with Gasteiger partial charge in [-0.3, -0.25) is 19.4 Å². The van der Waals surface area contributed by atoms with Crippen molar-refractivity contribution >= 4 is 79.0 Å². The van der Waals surface area contributed by atoms with E-state index < -0.39 is 10.3 Å². The lowest BCUT2D eigenvalue weighted by Crippen LogP contribution is -2.61. The van der Waals surface area contributed by atoms with Gasteiger partial charge >= 0.3 is 0 Å². The lowest BCUT2D eigenvalue weighted by molar-refractivity contribution is -0.132. The quantitative estimate of drug-likeness (QED) is 0.387. The van der Waals surface area contributed by atoms with E-state index in [9.17, 15) is 9.59 Å². The predicted octanol–water partition coefficient (Wildman–Crippen LogP) is 5.78. The molecule has 9 heteroatoms. The Bertz CT molecular complexity index is 1420. The summed E-state index contributed by atoms with van der Waals surface area (Å²) in [5.74, 6) is -0.835. The lowest BCUT2D eigenvalue weighted by atomic mass is 9.72. The summed E-state index contributed by atoms with van der Waals surface area (Å²) >= 11 is 17.4. The molecule has 6 rings (SSSR count). The van der Waals surface area contributed by atoms with Crippen molar-refractivity contribution in [1.82, 2.24) is 4.90 Å². The maximum atomic E-state index is 14.7. The van der Waals surface area contributed by atoms with Gasteiger partial charge in [0.2, 0.25) is 0 Å². The third-order valence-electron chi connectivity index (χ3n) is 7.25. The van der Waals surface area contributed by atoms with E-state index >= 15 is 0 Å². The molecule has 3 aliphatic heterocycles. The Kier molecular flexibility index (Phi) is 5.40. The van der Waals surface area contributed by atoms with Crippen molar-refractivity contribution in [3.05, 3.63) is 93.4 Å². The van der Waals surface area contributed by atoms with Gasteiger partial charge < -0.3 is 5.32 Å². The molecule has 35 heavy (non-hydrogen) atoms. The molecule has 2 amide bonds. The summed E-state index contributed by atoms with van der Waals surface area (Å²) in [6, 6.07) is 22.6. The standard InChI is InChI=1S/C26H19BrClN3O2S2/c1-30-14-19(17-9-5-6-10-20(17)28)26(23(33)31(24(34)35-26)16-7-3-2-4-8-16)25(30)18-13-15(27)11-12-21(18)29-22(25)32/h2-13,19H,14H2,1H3,(H,29,32). The van der Waals surface area contributed by atoms with Gasteiger partial charge in [0.25, 0.3) is 11.8 Å². The van der Waals surface area contributed by atoms with Gasteiger partial charge in [0, 0.05) is 33.2 Å². The van der Waals surface area contributed by atoms with Gasteiger partial charge in [-0.2, -0.15) is 0 Å². The zero-order valence-electron chi connectivity index (χ0n) is 18.5. The first kappa shape index (κ1) is 23.2. The number of halogens is 2. The van der Waals surface area contributed by atoms with E-state index in [-0.39, 0.29) is 17.7 Å². The van der Waals surface area contributed by atoms with Crippen LogP contribution in [0.25, 0.3) is 0 Å². The first-order valence-electron chi connectivity index (χ1n) is 11.0. The summed E-state index contributed by atoms with van der Waals surface area (Å²) < 4.78 is -0.0190. The number of thioether (sulfide) groups is 1.